The Morgan fingerprint density at radius 3 is 2.13 bits per heavy atom. The summed E-state index contributed by atoms with van der Waals surface area (Å²) < 4.78 is 0. The van der Waals surface area contributed by atoms with Crippen LogP contribution in [0.3, 0.4) is 0 Å². The van der Waals surface area contributed by atoms with Crippen molar-refractivity contribution < 1.29 is 9.59 Å². The molecule has 8 nitrogen and oxygen atoms in total. The Bertz CT molecular complexity index is 1150. The lowest BCUT2D eigenvalue weighted by Crippen LogP contribution is -2.46. The summed E-state index contributed by atoms with van der Waals surface area (Å²) in [6.45, 7) is 5.09. The molecule has 0 unspecified atom stereocenters. The monoisotopic (exact) mass is 419 g/mol. The molecule has 160 valence electrons. The summed E-state index contributed by atoms with van der Waals surface area (Å²) >= 11 is 0. The summed E-state index contributed by atoms with van der Waals surface area (Å²) in [4.78, 5) is 48.3. The van der Waals surface area contributed by atoms with Crippen molar-refractivity contribution in [2.75, 3.05) is 44.2 Å². The fourth-order valence-electron chi connectivity index (χ4n) is 4.57. The number of H-pyrrole nitrogens is 2. The van der Waals surface area contributed by atoms with Crippen molar-refractivity contribution in [1.82, 2.24) is 19.8 Å². The number of aromatic nitrogens is 2. The van der Waals surface area contributed by atoms with E-state index in [2.05, 4.69) is 19.8 Å². The molecule has 2 aromatic carbocycles. The first kappa shape index (κ1) is 19.6. The molecule has 0 atom stereocenters. The molecule has 5 rings (SSSR count). The molecule has 1 aromatic heterocycles. The van der Waals surface area contributed by atoms with Gasteiger partial charge < -0.3 is 14.9 Å². The van der Waals surface area contributed by atoms with Crippen LogP contribution in [0.5, 0.6) is 0 Å². The Morgan fingerprint density at radius 1 is 0.742 bits per heavy atom. The molecule has 0 bridgehead atoms. The molecule has 8 heteroatoms. The lowest BCUT2D eigenvalue weighted by molar-refractivity contribution is 0.0650. The van der Waals surface area contributed by atoms with Gasteiger partial charge >= 0.3 is 5.69 Å². The first-order valence-corrected chi connectivity index (χ1v) is 10.8. The maximum Gasteiger partial charge on any atom is 0.323 e. The average molecular weight is 419 g/mol. The number of nitrogens with one attached hydrogen (secondary N) is 2. The third-order valence-corrected chi connectivity index (χ3v) is 6.23. The molecule has 2 amide bonds. The van der Waals surface area contributed by atoms with Crippen LogP contribution in [0, 0.1) is 0 Å². The predicted octanol–water partition coefficient (Wildman–Crippen LogP) is 2.05. The second kappa shape index (κ2) is 8.03. The minimum atomic E-state index is -0.181. The lowest BCUT2D eigenvalue weighted by atomic mass is 10.1. The summed E-state index contributed by atoms with van der Waals surface area (Å²) in [7, 11) is 0. The van der Waals surface area contributed by atoms with Gasteiger partial charge in [0.05, 0.1) is 27.8 Å². The number of carbonyl (C=O) groups excluding carboxylic acids is 2. The van der Waals surface area contributed by atoms with Crippen molar-refractivity contribution >= 4 is 28.5 Å². The van der Waals surface area contributed by atoms with Gasteiger partial charge in [-0.25, -0.2) is 4.79 Å². The largest absolute Gasteiger partial charge is 0.367 e. The fourth-order valence-corrected chi connectivity index (χ4v) is 4.57. The number of hydrogen-bond acceptors (Lipinski definition) is 5. The zero-order chi connectivity index (χ0) is 21.4. The van der Waals surface area contributed by atoms with Gasteiger partial charge in [0.15, 0.2) is 0 Å². The number of imidazole rings is 1. The second-order valence-electron chi connectivity index (χ2n) is 8.12. The highest BCUT2D eigenvalue weighted by Gasteiger charge is 2.34. The van der Waals surface area contributed by atoms with Crippen molar-refractivity contribution in [2.45, 2.75) is 12.8 Å². The second-order valence-corrected chi connectivity index (χ2v) is 8.12. The summed E-state index contributed by atoms with van der Waals surface area (Å²) in [5.41, 5.74) is 3.60. The highest BCUT2D eigenvalue weighted by Crippen LogP contribution is 2.25. The van der Waals surface area contributed by atoms with Gasteiger partial charge in [0.25, 0.3) is 11.8 Å². The van der Waals surface area contributed by atoms with Crippen molar-refractivity contribution in [3.8, 4) is 0 Å². The van der Waals surface area contributed by atoms with Crippen LogP contribution >= 0.6 is 0 Å². The van der Waals surface area contributed by atoms with E-state index in [9.17, 15) is 14.4 Å². The average Bonchev–Trinajstić information content (AvgIpc) is 3.29. The number of rotatable bonds is 6. The van der Waals surface area contributed by atoms with Crippen LogP contribution in [-0.2, 0) is 0 Å². The van der Waals surface area contributed by atoms with E-state index in [1.54, 1.807) is 24.3 Å². The molecule has 3 aromatic rings. The number of fused-ring (bicyclic) bond motifs is 2. The number of carbonyl (C=O) groups is 2. The highest BCUT2D eigenvalue weighted by atomic mass is 16.2. The van der Waals surface area contributed by atoms with Crippen LogP contribution in [-0.4, -0.2) is 70.9 Å². The number of amides is 2. The zero-order valence-electron chi connectivity index (χ0n) is 17.3. The first-order chi connectivity index (χ1) is 15.1. The highest BCUT2D eigenvalue weighted by molar-refractivity contribution is 6.21. The van der Waals surface area contributed by atoms with E-state index in [4.69, 9.17) is 0 Å². The van der Waals surface area contributed by atoms with Crippen LogP contribution in [0.2, 0.25) is 0 Å². The number of imide groups is 1. The molecule has 1 fully saturated rings. The summed E-state index contributed by atoms with van der Waals surface area (Å²) in [6.07, 6.45) is 1.74. The molecule has 0 spiro atoms. The molecule has 2 aliphatic heterocycles. The molecular weight excluding hydrogens is 394 g/mol. The summed E-state index contributed by atoms with van der Waals surface area (Å²) in [5.74, 6) is -0.350. The van der Waals surface area contributed by atoms with E-state index < -0.39 is 0 Å². The van der Waals surface area contributed by atoms with Gasteiger partial charge in [-0.1, -0.05) is 18.2 Å². The van der Waals surface area contributed by atoms with E-state index in [1.165, 1.54) is 4.90 Å². The van der Waals surface area contributed by atoms with E-state index >= 15 is 0 Å². The predicted molar refractivity (Wildman–Crippen MR) is 119 cm³/mol. The standard InChI is InChI=1S/C23H25N5O3/c29-21-16-6-1-2-7-17(16)22(30)28(21)11-4-3-10-26-12-14-27(15-13-26)19-9-5-8-18-20(19)25-23(31)24-18/h1-2,5-9H,3-4,10-15H2,(H2,24,25,31). The third-order valence-electron chi connectivity index (χ3n) is 6.23. The van der Waals surface area contributed by atoms with Crippen molar-refractivity contribution in [2.24, 2.45) is 0 Å². The number of unbranched alkanes of at least 4 members (excludes halogenated alkanes) is 1. The maximum atomic E-state index is 12.4. The van der Waals surface area contributed by atoms with Gasteiger partial charge in [-0.05, 0) is 43.7 Å². The Kier molecular flexibility index (Phi) is 5.07. The van der Waals surface area contributed by atoms with Crippen molar-refractivity contribution in [3.63, 3.8) is 0 Å². The van der Waals surface area contributed by atoms with E-state index in [-0.39, 0.29) is 17.5 Å². The Morgan fingerprint density at radius 2 is 1.42 bits per heavy atom. The molecule has 2 aliphatic rings. The van der Waals surface area contributed by atoms with Crippen LogP contribution in [0.1, 0.15) is 33.6 Å². The van der Waals surface area contributed by atoms with Gasteiger partial charge in [0, 0.05) is 32.7 Å². The van der Waals surface area contributed by atoms with Crippen LogP contribution in [0.4, 0.5) is 5.69 Å². The van der Waals surface area contributed by atoms with Gasteiger partial charge in [-0.2, -0.15) is 0 Å². The zero-order valence-corrected chi connectivity index (χ0v) is 17.3. The van der Waals surface area contributed by atoms with Crippen molar-refractivity contribution in [1.29, 1.82) is 0 Å². The normalized spacial score (nSPS) is 17.0. The number of para-hydroxylation sites is 1. The Labute approximate surface area is 179 Å². The Balaban J connectivity index is 1.10. The van der Waals surface area contributed by atoms with E-state index in [1.807, 2.05) is 18.2 Å². The number of nitrogens with zero attached hydrogens (tertiary/aromatic N) is 3. The molecule has 0 saturated carbocycles. The van der Waals surface area contributed by atoms with E-state index in [0.717, 1.165) is 62.3 Å². The minimum absolute atomic E-state index is 0.175. The van der Waals surface area contributed by atoms with Crippen LogP contribution < -0.4 is 10.6 Å². The third kappa shape index (κ3) is 3.63. The molecule has 0 aliphatic carbocycles. The molecule has 0 radical (unpaired) electrons. The van der Waals surface area contributed by atoms with Crippen molar-refractivity contribution in [3.05, 3.63) is 64.1 Å². The van der Waals surface area contributed by atoms with Crippen LogP contribution in [0.25, 0.3) is 11.0 Å². The molecule has 2 N–H and O–H groups in total. The SMILES string of the molecule is O=C1c2ccccc2C(=O)N1CCCCN1CCN(c2cccc3[nH]c(=O)[nH]c23)CC1. The van der Waals surface area contributed by atoms with Gasteiger partial charge in [0.1, 0.15) is 0 Å². The number of benzene rings is 2. The quantitative estimate of drug-likeness (QED) is 0.471. The number of hydrogen-bond donors (Lipinski definition) is 2. The van der Waals surface area contributed by atoms with Gasteiger partial charge in [0.2, 0.25) is 0 Å². The first-order valence-electron chi connectivity index (χ1n) is 10.8. The Hall–Kier alpha value is -3.39. The molecule has 31 heavy (non-hydrogen) atoms. The topological polar surface area (TPSA) is 92.5 Å². The minimum Gasteiger partial charge on any atom is -0.367 e. The number of aromatic amines is 2. The molecule has 3 heterocycles. The van der Waals surface area contributed by atoms with Gasteiger partial charge in [-0.15, -0.1) is 0 Å². The summed E-state index contributed by atoms with van der Waals surface area (Å²) in [5, 5.41) is 0. The number of anilines is 1. The van der Waals surface area contributed by atoms with Gasteiger partial charge in [-0.3, -0.25) is 19.4 Å². The summed E-state index contributed by atoms with van der Waals surface area (Å²) in [6, 6.07) is 12.9. The van der Waals surface area contributed by atoms with E-state index in [0.29, 0.717) is 17.7 Å². The van der Waals surface area contributed by atoms with Crippen LogP contribution in [0.15, 0.2) is 47.3 Å². The smallest absolute Gasteiger partial charge is 0.323 e. The number of piperazine rings is 1. The maximum absolute atomic E-state index is 12.4. The fraction of sp³-hybridized carbons (Fsp3) is 0.348. The molecule has 1 saturated heterocycles. The molecular formula is C23H25N5O3. The lowest BCUT2D eigenvalue weighted by Gasteiger charge is -2.36.